The molecule has 1 aromatic carbocycles. The molecule has 1 fully saturated rings. The van der Waals surface area contributed by atoms with Gasteiger partial charge in [-0.25, -0.2) is 0 Å². The molecule has 2 unspecified atom stereocenters. The minimum absolute atomic E-state index is 0.233. The summed E-state index contributed by atoms with van der Waals surface area (Å²) in [6.45, 7) is 6.84. The third-order valence-corrected chi connectivity index (χ3v) is 3.89. The van der Waals surface area contributed by atoms with Crippen molar-refractivity contribution in [1.29, 1.82) is 0 Å². The zero-order valence-corrected chi connectivity index (χ0v) is 11.7. The van der Waals surface area contributed by atoms with E-state index in [1.807, 2.05) is 0 Å². The highest BCUT2D eigenvalue weighted by Gasteiger charge is 2.16. The maximum absolute atomic E-state index is 5.96. The highest BCUT2D eigenvalue weighted by molar-refractivity contribution is 5.54. The predicted molar refractivity (Wildman–Crippen MR) is 79.0 cm³/mol. The smallest absolute Gasteiger partial charge is 0.0399 e. The van der Waals surface area contributed by atoms with Crippen molar-refractivity contribution in [3.8, 4) is 0 Å². The molecule has 1 aliphatic rings. The first-order valence-corrected chi connectivity index (χ1v) is 7.25. The van der Waals surface area contributed by atoms with Crippen molar-refractivity contribution in [3.05, 3.63) is 29.8 Å². The van der Waals surface area contributed by atoms with Gasteiger partial charge in [0, 0.05) is 24.8 Å². The molecule has 2 nitrogen and oxygen atoms in total. The molecule has 0 saturated carbocycles. The van der Waals surface area contributed by atoms with Gasteiger partial charge in [0.05, 0.1) is 0 Å². The summed E-state index contributed by atoms with van der Waals surface area (Å²) in [7, 11) is 0. The fourth-order valence-corrected chi connectivity index (χ4v) is 2.84. The minimum Gasteiger partial charge on any atom is -0.371 e. The average molecular weight is 246 g/mol. The van der Waals surface area contributed by atoms with E-state index in [0.717, 1.165) is 12.3 Å². The van der Waals surface area contributed by atoms with Gasteiger partial charge in [-0.05, 0) is 50.2 Å². The second-order valence-electron chi connectivity index (χ2n) is 5.83. The number of benzene rings is 1. The fraction of sp³-hybridized carbons (Fsp3) is 0.625. The molecule has 0 aromatic heterocycles. The fourth-order valence-electron chi connectivity index (χ4n) is 2.84. The molecule has 100 valence electrons. The maximum atomic E-state index is 5.96. The molecule has 18 heavy (non-hydrogen) atoms. The molecule has 0 amide bonds. The number of hydrogen-bond acceptors (Lipinski definition) is 2. The third-order valence-electron chi connectivity index (χ3n) is 3.89. The monoisotopic (exact) mass is 246 g/mol. The van der Waals surface area contributed by atoms with Crippen LogP contribution in [0.4, 0.5) is 5.69 Å². The Bertz CT molecular complexity index is 373. The number of rotatable bonds is 3. The van der Waals surface area contributed by atoms with Crippen molar-refractivity contribution in [3.63, 3.8) is 0 Å². The Balaban J connectivity index is 2.15. The molecule has 1 saturated heterocycles. The Morgan fingerprint density at radius 3 is 2.83 bits per heavy atom. The van der Waals surface area contributed by atoms with Gasteiger partial charge in [-0.15, -0.1) is 0 Å². The van der Waals surface area contributed by atoms with Gasteiger partial charge in [0.25, 0.3) is 0 Å². The molecule has 2 rings (SSSR count). The number of nitrogens with zero attached hydrogens (tertiary/aromatic N) is 1. The average Bonchev–Trinajstić information content (AvgIpc) is 2.54. The van der Waals surface area contributed by atoms with Crippen molar-refractivity contribution >= 4 is 5.69 Å². The first-order valence-electron chi connectivity index (χ1n) is 7.25. The quantitative estimate of drug-likeness (QED) is 0.887. The van der Waals surface area contributed by atoms with E-state index in [1.165, 1.54) is 43.6 Å². The molecule has 0 bridgehead atoms. The summed E-state index contributed by atoms with van der Waals surface area (Å²) in [6.07, 6.45) is 4.97. The number of para-hydroxylation sites is 1. The lowest BCUT2D eigenvalue weighted by atomic mass is 10.0. The molecule has 0 spiro atoms. The zero-order valence-electron chi connectivity index (χ0n) is 11.7. The Hall–Kier alpha value is -1.02. The van der Waals surface area contributed by atoms with Crippen LogP contribution < -0.4 is 10.6 Å². The highest BCUT2D eigenvalue weighted by Crippen LogP contribution is 2.26. The second-order valence-corrected chi connectivity index (χ2v) is 5.83. The Morgan fingerprint density at radius 1 is 1.28 bits per heavy atom. The van der Waals surface area contributed by atoms with E-state index in [-0.39, 0.29) is 6.04 Å². The van der Waals surface area contributed by atoms with Crippen LogP contribution in [0.1, 0.15) is 38.7 Å². The molecule has 2 N–H and O–H groups in total. The van der Waals surface area contributed by atoms with Gasteiger partial charge in [-0.2, -0.15) is 0 Å². The van der Waals surface area contributed by atoms with Gasteiger partial charge >= 0.3 is 0 Å². The van der Waals surface area contributed by atoms with Crippen molar-refractivity contribution in [1.82, 2.24) is 0 Å². The van der Waals surface area contributed by atoms with Gasteiger partial charge in [0.15, 0.2) is 0 Å². The van der Waals surface area contributed by atoms with Crippen molar-refractivity contribution in [2.45, 2.75) is 45.6 Å². The van der Waals surface area contributed by atoms with Crippen LogP contribution >= 0.6 is 0 Å². The summed E-state index contributed by atoms with van der Waals surface area (Å²) in [5, 5.41) is 0. The summed E-state index contributed by atoms with van der Waals surface area (Å²) in [5.41, 5.74) is 8.77. The lowest BCUT2D eigenvalue weighted by Crippen LogP contribution is -2.27. The van der Waals surface area contributed by atoms with Gasteiger partial charge < -0.3 is 10.6 Å². The highest BCUT2D eigenvalue weighted by atomic mass is 15.1. The molecular weight excluding hydrogens is 220 g/mol. The van der Waals surface area contributed by atoms with Crippen molar-refractivity contribution < 1.29 is 0 Å². The van der Waals surface area contributed by atoms with E-state index in [0.29, 0.717) is 0 Å². The Morgan fingerprint density at radius 2 is 2.06 bits per heavy atom. The van der Waals surface area contributed by atoms with Crippen molar-refractivity contribution in [2.24, 2.45) is 11.7 Å². The van der Waals surface area contributed by atoms with E-state index in [2.05, 4.69) is 43.0 Å². The van der Waals surface area contributed by atoms with Crippen LogP contribution in [0.3, 0.4) is 0 Å². The minimum atomic E-state index is 0.233. The van der Waals surface area contributed by atoms with Gasteiger partial charge in [-0.3, -0.25) is 0 Å². The number of nitrogens with two attached hydrogens (primary N) is 1. The summed E-state index contributed by atoms with van der Waals surface area (Å²) in [5.74, 6) is 0.871. The Labute approximate surface area is 111 Å². The first-order chi connectivity index (χ1) is 8.66. The summed E-state index contributed by atoms with van der Waals surface area (Å²) < 4.78 is 0. The SMILES string of the molecule is CC(N)Cc1ccccc1N1CCCC(C)CC1. The molecule has 1 aliphatic heterocycles. The van der Waals surface area contributed by atoms with Gasteiger partial charge in [-0.1, -0.05) is 25.1 Å². The van der Waals surface area contributed by atoms with E-state index in [1.54, 1.807) is 0 Å². The standard InChI is InChI=1S/C16H26N2/c1-13-6-5-10-18(11-9-13)16-8-4-3-7-15(16)12-14(2)17/h3-4,7-8,13-14H,5-6,9-12,17H2,1-2H3. The molecule has 0 radical (unpaired) electrons. The largest absolute Gasteiger partial charge is 0.371 e. The maximum Gasteiger partial charge on any atom is 0.0399 e. The second kappa shape index (κ2) is 6.24. The van der Waals surface area contributed by atoms with Crippen LogP contribution in [-0.2, 0) is 6.42 Å². The van der Waals surface area contributed by atoms with Crippen LogP contribution in [0.5, 0.6) is 0 Å². The van der Waals surface area contributed by atoms with E-state index < -0.39 is 0 Å². The van der Waals surface area contributed by atoms with Gasteiger partial charge in [0.2, 0.25) is 0 Å². The molecular formula is C16H26N2. The Kier molecular flexibility index (Phi) is 4.65. The predicted octanol–water partition coefficient (Wildman–Crippen LogP) is 3.20. The zero-order chi connectivity index (χ0) is 13.0. The molecule has 2 heteroatoms. The number of hydrogen-bond donors (Lipinski definition) is 1. The molecule has 2 atom stereocenters. The van der Waals surface area contributed by atoms with Gasteiger partial charge in [0.1, 0.15) is 0 Å². The topological polar surface area (TPSA) is 29.3 Å². The summed E-state index contributed by atoms with van der Waals surface area (Å²) >= 11 is 0. The third kappa shape index (κ3) is 3.49. The first kappa shape index (κ1) is 13.4. The lowest BCUT2D eigenvalue weighted by Gasteiger charge is -2.26. The van der Waals surface area contributed by atoms with E-state index in [4.69, 9.17) is 5.73 Å². The molecule has 1 heterocycles. The number of anilines is 1. The van der Waals surface area contributed by atoms with Crippen molar-refractivity contribution in [2.75, 3.05) is 18.0 Å². The van der Waals surface area contributed by atoms with E-state index in [9.17, 15) is 0 Å². The lowest BCUT2D eigenvalue weighted by molar-refractivity contribution is 0.521. The normalized spacial score (nSPS) is 22.6. The van der Waals surface area contributed by atoms with E-state index >= 15 is 0 Å². The van der Waals surface area contributed by atoms with Crippen LogP contribution in [0.2, 0.25) is 0 Å². The van der Waals surface area contributed by atoms with Crippen LogP contribution in [0.25, 0.3) is 0 Å². The van der Waals surface area contributed by atoms with Crippen LogP contribution in [0.15, 0.2) is 24.3 Å². The summed E-state index contributed by atoms with van der Waals surface area (Å²) in [6, 6.07) is 8.99. The summed E-state index contributed by atoms with van der Waals surface area (Å²) in [4.78, 5) is 2.56. The molecule has 1 aromatic rings. The van der Waals surface area contributed by atoms with Crippen LogP contribution in [-0.4, -0.2) is 19.1 Å². The molecule has 0 aliphatic carbocycles. The van der Waals surface area contributed by atoms with Crippen LogP contribution in [0, 0.1) is 5.92 Å².